The number of piperidine rings is 1. The normalized spacial score (nSPS) is 20.0. The molecule has 2 aromatic rings. The molecular formula is C23H24N2O4. The number of nitrogens with zero attached hydrogens (tertiary/aromatic N) is 1. The fourth-order valence-electron chi connectivity index (χ4n) is 3.92. The molecule has 0 radical (unpaired) electrons. The van der Waals surface area contributed by atoms with Crippen molar-refractivity contribution in [3.05, 3.63) is 60.2 Å². The highest BCUT2D eigenvalue weighted by atomic mass is 16.5. The van der Waals surface area contributed by atoms with Crippen molar-refractivity contribution < 1.29 is 19.1 Å². The minimum atomic E-state index is -1.03. The number of primary amides is 1. The molecule has 6 nitrogen and oxygen atoms in total. The Morgan fingerprint density at radius 3 is 2.24 bits per heavy atom. The fraction of sp³-hybridized carbons (Fsp3) is 0.348. The van der Waals surface area contributed by atoms with Crippen LogP contribution in [0.1, 0.15) is 36.0 Å². The Bertz CT molecular complexity index is 920. The van der Waals surface area contributed by atoms with Gasteiger partial charge in [-0.3, -0.25) is 14.4 Å². The minimum Gasteiger partial charge on any atom is -0.457 e. The number of benzene rings is 2. The first kappa shape index (κ1) is 19.2. The zero-order valence-corrected chi connectivity index (χ0v) is 16.2. The molecule has 2 amide bonds. The quantitative estimate of drug-likeness (QED) is 0.604. The van der Waals surface area contributed by atoms with Gasteiger partial charge in [0.25, 0.3) is 0 Å². The Labute approximate surface area is 169 Å². The summed E-state index contributed by atoms with van der Waals surface area (Å²) in [5.74, 6) is 0.371. The van der Waals surface area contributed by atoms with Crippen molar-refractivity contribution in [2.24, 2.45) is 17.1 Å². The highest BCUT2D eigenvalue weighted by Crippen LogP contribution is 2.47. The summed E-state index contributed by atoms with van der Waals surface area (Å²) >= 11 is 0. The van der Waals surface area contributed by atoms with Gasteiger partial charge in [-0.25, -0.2) is 0 Å². The van der Waals surface area contributed by atoms with Gasteiger partial charge in [-0.1, -0.05) is 18.2 Å². The number of hydrogen-bond donors (Lipinski definition) is 1. The summed E-state index contributed by atoms with van der Waals surface area (Å²) in [5.41, 5.74) is 5.00. The fourth-order valence-corrected chi connectivity index (χ4v) is 3.92. The maximum atomic E-state index is 13.0. The van der Waals surface area contributed by atoms with Gasteiger partial charge in [0.1, 0.15) is 16.9 Å². The van der Waals surface area contributed by atoms with Crippen LogP contribution >= 0.6 is 0 Å². The Kier molecular flexibility index (Phi) is 5.09. The van der Waals surface area contributed by atoms with Gasteiger partial charge >= 0.3 is 0 Å². The van der Waals surface area contributed by atoms with Gasteiger partial charge < -0.3 is 15.4 Å². The molecule has 2 fully saturated rings. The van der Waals surface area contributed by atoms with Gasteiger partial charge in [0.05, 0.1) is 0 Å². The van der Waals surface area contributed by atoms with Crippen LogP contribution in [-0.2, 0) is 9.59 Å². The summed E-state index contributed by atoms with van der Waals surface area (Å²) in [5, 5.41) is 0. The molecule has 1 heterocycles. The van der Waals surface area contributed by atoms with E-state index in [0.717, 1.165) is 18.6 Å². The zero-order valence-electron chi connectivity index (χ0n) is 16.2. The van der Waals surface area contributed by atoms with Gasteiger partial charge in [0.15, 0.2) is 5.78 Å². The number of nitrogens with two attached hydrogens (primary N) is 1. The molecule has 2 aromatic carbocycles. The van der Waals surface area contributed by atoms with E-state index < -0.39 is 11.3 Å². The molecule has 0 bridgehead atoms. The summed E-state index contributed by atoms with van der Waals surface area (Å²) in [6.07, 6.45) is 2.50. The molecule has 1 saturated carbocycles. The summed E-state index contributed by atoms with van der Waals surface area (Å²) in [7, 11) is 0. The van der Waals surface area contributed by atoms with E-state index >= 15 is 0 Å². The van der Waals surface area contributed by atoms with Crippen molar-refractivity contribution in [1.29, 1.82) is 0 Å². The molecule has 2 aliphatic rings. The molecule has 150 valence electrons. The highest BCUT2D eigenvalue weighted by Gasteiger charge is 2.57. The Balaban J connectivity index is 1.41. The van der Waals surface area contributed by atoms with Crippen LogP contribution in [-0.4, -0.2) is 35.6 Å². The van der Waals surface area contributed by atoms with Crippen LogP contribution in [0.4, 0.5) is 0 Å². The number of carbonyl (C=O) groups excluding carboxylic acids is 3. The number of ketones is 1. The third kappa shape index (κ3) is 3.88. The van der Waals surface area contributed by atoms with E-state index in [4.69, 9.17) is 10.5 Å². The van der Waals surface area contributed by atoms with Gasteiger partial charge in [0.2, 0.25) is 11.8 Å². The van der Waals surface area contributed by atoms with E-state index in [1.165, 1.54) is 0 Å². The van der Waals surface area contributed by atoms with Crippen molar-refractivity contribution in [3.8, 4) is 11.5 Å². The first-order valence-electron chi connectivity index (χ1n) is 9.96. The summed E-state index contributed by atoms with van der Waals surface area (Å²) < 4.78 is 5.77. The van der Waals surface area contributed by atoms with Crippen LogP contribution < -0.4 is 10.5 Å². The molecule has 4 rings (SSSR count). The Morgan fingerprint density at radius 1 is 0.966 bits per heavy atom. The second-order valence-corrected chi connectivity index (χ2v) is 7.84. The lowest BCUT2D eigenvalue weighted by molar-refractivity contribution is -0.144. The zero-order chi connectivity index (χ0) is 20.4. The number of likely N-dealkylation sites (tertiary alicyclic amines) is 1. The molecule has 0 spiro atoms. The molecule has 0 unspecified atom stereocenters. The molecule has 2 N–H and O–H groups in total. The van der Waals surface area contributed by atoms with E-state index in [0.29, 0.717) is 37.2 Å². The standard InChI is InChI=1S/C23H24N2O4/c24-21(27)23(12-13-23)22(28)25-14-4-5-17(15-25)20(26)16-8-10-19(11-9-16)29-18-6-2-1-3-7-18/h1-3,6-11,17H,4-5,12-15H2,(H2,24,27)/t17-/m0/s1. The minimum absolute atomic E-state index is 0.0117. The van der Waals surface area contributed by atoms with Crippen LogP contribution in [0.2, 0.25) is 0 Å². The third-order valence-electron chi connectivity index (χ3n) is 5.83. The average molecular weight is 392 g/mol. The van der Waals surface area contributed by atoms with Crippen LogP contribution in [0.5, 0.6) is 11.5 Å². The topological polar surface area (TPSA) is 89.7 Å². The predicted octanol–water partition coefficient (Wildman–Crippen LogP) is 3.17. The molecule has 1 aliphatic carbocycles. The maximum Gasteiger partial charge on any atom is 0.238 e. The van der Waals surface area contributed by atoms with Gasteiger partial charge in [-0.05, 0) is 62.1 Å². The van der Waals surface area contributed by atoms with Crippen molar-refractivity contribution in [3.63, 3.8) is 0 Å². The van der Waals surface area contributed by atoms with Gasteiger partial charge in [-0.15, -0.1) is 0 Å². The van der Waals surface area contributed by atoms with Crippen molar-refractivity contribution >= 4 is 17.6 Å². The van der Waals surface area contributed by atoms with E-state index in [-0.39, 0.29) is 17.6 Å². The van der Waals surface area contributed by atoms with E-state index in [9.17, 15) is 14.4 Å². The van der Waals surface area contributed by atoms with Crippen LogP contribution in [0.3, 0.4) is 0 Å². The van der Waals surface area contributed by atoms with Crippen LogP contribution in [0, 0.1) is 11.3 Å². The highest BCUT2D eigenvalue weighted by molar-refractivity contribution is 6.07. The Morgan fingerprint density at radius 2 is 1.62 bits per heavy atom. The van der Waals surface area contributed by atoms with Crippen molar-refractivity contribution in [2.75, 3.05) is 13.1 Å². The largest absolute Gasteiger partial charge is 0.457 e. The number of hydrogen-bond acceptors (Lipinski definition) is 4. The lowest BCUT2D eigenvalue weighted by Crippen LogP contribution is -2.48. The lowest BCUT2D eigenvalue weighted by atomic mass is 9.89. The summed E-state index contributed by atoms with van der Waals surface area (Å²) in [6, 6.07) is 16.5. The molecule has 1 aliphatic heterocycles. The molecule has 29 heavy (non-hydrogen) atoms. The maximum absolute atomic E-state index is 13.0. The van der Waals surface area contributed by atoms with Crippen molar-refractivity contribution in [2.45, 2.75) is 25.7 Å². The molecule has 0 aromatic heterocycles. The van der Waals surface area contributed by atoms with Crippen LogP contribution in [0.15, 0.2) is 54.6 Å². The van der Waals surface area contributed by atoms with Crippen molar-refractivity contribution in [1.82, 2.24) is 4.90 Å². The van der Waals surface area contributed by atoms with E-state index in [1.54, 1.807) is 29.2 Å². The number of para-hydroxylation sites is 1. The monoisotopic (exact) mass is 392 g/mol. The third-order valence-corrected chi connectivity index (χ3v) is 5.83. The average Bonchev–Trinajstić information content (AvgIpc) is 3.56. The number of ether oxygens (including phenoxy) is 1. The number of rotatable bonds is 6. The molecular weight excluding hydrogens is 368 g/mol. The summed E-state index contributed by atoms with van der Waals surface area (Å²) in [4.78, 5) is 39.0. The van der Waals surface area contributed by atoms with E-state index in [1.807, 2.05) is 30.3 Å². The van der Waals surface area contributed by atoms with Crippen LogP contribution in [0.25, 0.3) is 0 Å². The number of Topliss-reactive ketones (excluding diaryl/α,β-unsaturated/α-hetero) is 1. The predicted molar refractivity (Wildman–Crippen MR) is 107 cm³/mol. The molecule has 6 heteroatoms. The first-order chi connectivity index (χ1) is 14.0. The SMILES string of the molecule is NC(=O)C1(C(=O)N2CCC[C@H](C(=O)c3ccc(Oc4ccccc4)cc3)C2)CC1. The second kappa shape index (κ2) is 7.70. The first-order valence-corrected chi connectivity index (χ1v) is 9.96. The van der Waals surface area contributed by atoms with Gasteiger partial charge in [0, 0.05) is 24.6 Å². The second-order valence-electron chi connectivity index (χ2n) is 7.84. The smallest absolute Gasteiger partial charge is 0.238 e. The lowest BCUT2D eigenvalue weighted by Gasteiger charge is -2.34. The Hall–Kier alpha value is -3.15. The summed E-state index contributed by atoms with van der Waals surface area (Å²) in [6.45, 7) is 0.913. The number of carbonyl (C=O) groups is 3. The molecule has 1 atom stereocenters. The van der Waals surface area contributed by atoms with E-state index in [2.05, 4.69) is 0 Å². The van der Waals surface area contributed by atoms with Gasteiger partial charge in [-0.2, -0.15) is 0 Å². The molecule has 1 saturated heterocycles. The number of amides is 2.